The molecule has 0 aliphatic carbocycles. The van der Waals surface area contributed by atoms with E-state index >= 15 is 0 Å². The average Bonchev–Trinajstić information content (AvgIpc) is 2.35. The van der Waals surface area contributed by atoms with Gasteiger partial charge in [0.2, 0.25) is 15.9 Å². The summed E-state index contributed by atoms with van der Waals surface area (Å²) in [5, 5.41) is 14.5. The molecule has 0 atom stereocenters. The minimum Gasteiger partial charge on any atom is -0.409 e. The van der Waals surface area contributed by atoms with Gasteiger partial charge < -0.3 is 16.3 Å². The number of nitrogens with one attached hydrogen (secondary N) is 2. The molecular formula is C12H26N4O4S. The van der Waals surface area contributed by atoms with Gasteiger partial charge in [-0.15, -0.1) is 0 Å². The van der Waals surface area contributed by atoms with Crippen molar-refractivity contribution in [3.05, 3.63) is 0 Å². The fraction of sp³-hybridized carbons (Fsp3) is 0.833. The predicted molar refractivity (Wildman–Crippen MR) is 81.5 cm³/mol. The van der Waals surface area contributed by atoms with E-state index in [0.717, 1.165) is 6.26 Å². The Bertz CT molecular complexity index is 495. The summed E-state index contributed by atoms with van der Waals surface area (Å²) in [7, 11) is -3.39. The van der Waals surface area contributed by atoms with Crippen molar-refractivity contribution in [3.63, 3.8) is 0 Å². The number of hydrogen-bond acceptors (Lipinski definition) is 5. The van der Waals surface area contributed by atoms with E-state index in [9.17, 15) is 13.2 Å². The van der Waals surface area contributed by atoms with Gasteiger partial charge in [-0.05, 0) is 26.7 Å². The molecule has 0 radical (unpaired) electrons. The van der Waals surface area contributed by atoms with Crippen LogP contribution >= 0.6 is 0 Å². The number of hydrogen-bond donors (Lipinski definition) is 4. The number of amides is 1. The number of amidine groups is 1. The summed E-state index contributed by atoms with van der Waals surface area (Å²) >= 11 is 0. The van der Waals surface area contributed by atoms with E-state index in [0.29, 0.717) is 12.8 Å². The average molecular weight is 322 g/mol. The normalized spacial score (nSPS) is 14.0. The molecule has 0 spiro atoms. The predicted octanol–water partition coefficient (Wildman–Crippen LogP) is -0.0168. The van der Waals surface area contributed by atoms with Gasteiger partial charge in [0.1, 0.15) is 5.41 Å². The molecule has 0 aliphatic rings. The first-order valence-corrected chi connectivity index (χ1v) is 8.58. The summed E-state index contributed by atoms with van der Waals surface area (Å²) in [4.78, 5) is 12.4. The van der Waals surface area contributed by atoms with Gasteiger partial charge in [-0.1, -0.05) is 19.0 Å². The second-order valence-corrected chi connectivity index (χ2v) is 7.46. The van der Waals surface area contributed by atoms with Crippen LogP contribution in [0.2, 0.25) is 0 Å². The molecule has 0 unspecified atom stereocenters. The number of rotatable bonds is 8. The van der Waals surface area contributed by atoms with Crippen molar-refractivity contribution in [2.75, 3.05) is 12.8 Å². The van der Waals surface area contributed by atoms with Crippen LogP contribution in [0.4, 0.5) is 0 Å². The van der Waals surface area contributed by atoms with Crippen molar-refractivity contribution < 1.29 is 18.4 Å². The third-order valence-electron chi connectivity index (χ3n) is 3.39. The van der Waals surface area contributed by atoms with Crippen molar-refractivity contribution >= 4 is 21.8 Å². The first-order valence-electron chi connectivity index (χ1n) is 6.69. The van der Waals surface area contributed by atoms with Gasteiger partial charge in [0.05, 0.1) is 6.26 Å². The van der Waals surface area contributed by atoms with E-state index < -0.39 is 26.9 Å². The monoisotopic (exact) mass is 322 g/mol. The van der Waals surface area contributed by atoms with Gasteiger partial charge in [0.25, 0.3) is 0 Å². The second kappa shape index (κ2) is 7.08. The molecule has 0 fully saturated rings. The number of carbonyl (C=O) groups excluding carboxylic acids is 1. The number of carbonyl (C=O) groups is 1. The number of nitrogens with zero attached hydrogens (tertiary/aromatic N) is 1. The Morgan fingerprint density at radius 1 is 1.29 bits per heavy atom. The summed E-state index contributed by atoms with van der Waals surface area (Å²) in [5.41, 5.74) is 3.70. The van der Waals surface area contributed by atoms with Crippen LogP contribution in [-0.2, 0) is 14.8 Å². The Hall–Kier alpha value is -1.35. The lowest BCUT2D eigenvalue weighted by Crippen LogP contribution is -2.55. The fourth-order valence-electron chi connectivity index (χ4n) is 2.15. The van der Waals surface area contributed by atoms with Crippen molar-refractivity contribution in [2.24, 2.45) is 16.3 Å². The fourth-order valence-corrected chi connectivity index (χ4v) is 3.23. The Kier molecular flexibility index (Phi) is 6.62. The quantitative estimate of drug-likeness (QED) is 0.216. The molecule has 0 heterocycles. The standard InChI is InChI=1S/C12H26N4O4S/c1-6-12(7-2,9(13)15-18)10(17)14-8-11(3,4)16-21(5,19)20/h16,18H,6-8H2,1-5H3,(H2,13,15)(H,14,17). The maximum Gasteiger partial charge on any atom is 0.233 e. The molecule has 0 bridgehead atoms. The van der Waals surface area contributed by atoms with Crippen molar-refractivity contribution in [1.29, 1.82) is 0 Å². The lowest BCUT2D eigenvalue weighted by molar-refractivity contribution is -0.128. The second-order valence-electron chi connectivity index (χ2n) is 5.72. The van der Waals surface area contributed by atoms with Crippen molar-refractivity contribution in [2.45, 2.75) is 46.1 Å². The van der Waals surface area contributed by atoms with Crippen LogP contribution in [0.1, 0.15) is 40.5 Å². The Morgan fingerprint density at radius 2 is 1.76 bits per heavy atom. The highest BCUT2D eigenvalue weighted by molar-refractivity contribution is 7.88. The molecule has 21 heavy (non-hydrogen) atoms. The number of nitrogens with two attached hydrogens (primary N) is 1. The molecule has 0 saturated heterocycles. The minimum atomic E-state index is -3.39. The first kappa shape index (κ1) is 19.7. The molecule has 0 aliphatic heterocycles. The van der Waals surface area contributed by atoms with Crippen LogP contribution in [-0.4, -0.2) is 43.7 Å². The molecule has 9 heteroatoms. The third kappa shape index (κ3) is 5.50. The van der Waals surface area contributed by atoms with E-state index in [1.807, 2.05) is 0 Å². The van der Waals surface area contributed by atoms with Crippen LogP contribution in [0.3, 0.4) is 0 Å². The molecule has 0 aromatic heterocycles. The Labute approximate surface area is 126 Å². The molecule has 5 N–H and O–H groups in total. The van der Waals surface area contributed by atoms with Crippen LogP contribution in [0.15, 0.2) is 5.16 Å². The van der Waals surface area contributed by atoms with E-state index in [1.165, 1.54) is 0 Å². The maximum atomic E-state index is 12.4. The topological polar surface area (TPSA) is 134 Å². The number of sulfonamides is 1. The molecule has 8 nitrogen and oxygen atoms in total. The van der Waals surface area contributed by atoms with Crippen LogP contribution in [0.25, 0.3) is 0 Å². The molecule has 0 saturated carbocycles. The third-order valence-corrected chi connectivity index (χ3v) is 4.32. The van der Waals surface area contributed by atoms with Crippen molar-refractivity contribution in [1.82, 2.24) is 10.0 Å². The van der Waals surface area contributed by atoms with Gasteiger partial charge in [-0.3, -0.25) is 4.79 Å². The smallest absolute Gasteiger partial charge is 0.233 e. The zero-order chi connectivity index (χ0) is 16.9. The molecule has 0 aromatic carbocycles. The minimum absolute atomic E-state index is 0.0827. The van der Waals surface area contributed by atoms with Gasteiger partial charge in [0, 0.05) is 12.1 Å². The van der Waals surface area contributed by atoms with Crippen molar-refractivity contribution in [3.8, 4) is 0 Å². The summed E-state index contributed by atoms with van der Waals surface area (Å²) in [6.07, 6.45) is 1.78. The Balaban J connectivity index is 5.04. The maximum absolute atomic E-state index is 12.4. The lowest BCUT2D eigenvalue weighted by Gasteiger charge is -2.31. The summed E-state index contributed by atoms with van der Waals surface area (Å²) in [6.45, 7) is 6.91. The zero-order valence-corrected chi connectivity index (χ0v) is 14.0. The Morgan fingerprint density at radius 3 is 2.10 bits per heavy atom. The summed E-state index contributed by atoms with van der Waals surface area (Å²) in [6, 6.07) is 0. The van der Waals surface area contributed by atoms with E-state index in [-0.39, 0.29) is 12.4 Å². The number of oxime groups is 1. The van der Waals surface area contributed by atoms with Gasteiger partial charge >= 0.3 is 0 Å². The van der Waals surface area contributed by atoms with Crippen LogP contribution < -0.4 is 15.8 Å². The highest BCUT2D eigenvalue weighted by Gasteiger charge is 2.40. The molecule has 124 valence electrons. The molecule has 0 rings (SSSR count). The largest absolute Gasteiger partial charge is 0.409 e. The molecule has 0 aromatic rings. The SMILES string of the molecule is CCC(CC)(C(=O)NCC(C)(C)NS(C)(=O)=O)C(N)=NO. The zero-order valence-electron chi connectivity index (χ0n) is 13.2. The van der Waals surface area contributed by atoms with Crippen LogP contribution in [0, 0.1) is 5.41 Å². The molecule has 1 amide bonds. The summed E-state index contributed by atoms with van der Waals surface area (Å²) < 4.78 is 24.9. The lowest BCUT2D eigenvalue weighted by atomic mass is 9.80. The highest BCUT2D eigenvalue weighted by Crippen LogP contribution is 2.27. The first-order chi connectivity index (χ1) is 9.44. The van der Waals surface area contributed by atoms with Gasteiger partial charge in [-0.25, -0.2) is 13.1 Å². The van der Waals surface area contributed by atoms with Gasteiger partial charge in [0.15, 0.2) is 5.84 Å². The van der Waals surface area contributed by atoms with Crippen LogP contribution in [0.5, 0.6) is 0 Å². The van der Waals surface area contributed by atoms with Gasteiger partial charge in [-0.2, -0.15) is 0 Å². The molecular weight excluding hydrogens is 296 g/mol. The van der Waals surface area contributed by atoms with E-state index in [4.69, 9.17) is 10.9 Å². The summed E-state index contributed by atoms with van der Waals surface area (Å²) in [5.74, 6) is -0.551. The van der Waals surface area contributed by atoms with E-state index in [1.54, 1.807) is 27.7 Å². The van der Waals surface area contributed by atoms with E-state index in [2.05, 4.69) is 15.2 Å². The highest BCUT2D eigenvalue weighted by atomic mass is 32.2.